The molecule has 9 heteroatoms. The molecule has 7 rings (SSSR count). The van der Waals surface area contributed by atoms with Crippen LogP contribution in [0.15, 0.2) is 118 Å². The maximum Gasteiger partial charge on any atom is 0.264 e. The third kappa shape index (κ3) is 6.14. The highest BCUT2D eigenvalue weighted by Gasteiger charge is 2.30. The second-order valence-corrected chi connectivity index (χ2v) is 13.2. The van der Waals surface area contributed by atoms with Crippen LogP contribution in [0.5, 0.6) is 11.5 Å². The minimum Gasteiger partial charge on any atom is -0.508 e. The molecule has 0 saturated heterocycles. The molecule has 1 unspecified atom stereocenters. The zero-order valence-electron chi connectivity index (χ0n) is 24.6. The Hall–Kier alpha value is -4.73. The van der Waals surface area contributed by atoms with E-state index < -0.39 is 10.1 Å². The van der Waals surface area contributed by atoms with Gasteiger partial charge in [-0.2, -0.15) is 18.6 Å². The molecule has 0 aromatic heterocycles. The third-order valence-electron chi connectivity index (χ3n) is 8.55. The second-order valence-electron chi connectivity index (χ2n) is 11.6. The second kappa shape index (κ2) is 12.0. The van der Waals surface area contributed by atoms with Crippen molar-refractivity contribution >= 4 is 44.0 Å². The lowest BCUT2D eigenvalue weighted by Gasteiger charge is -2.28. The Morgan fingerprint density at radius 2 is 1.71 bits per heavy atom. The Morgan fingerprint density at radius 1 is 0.933 bits per heavy atom. The van der Waals surface area contributed by atoms with Crippen LogP contribution in [0, 0.1) is 0 Å². The summed E-state index contributed by atoms with van der Waals surface area (Å²) < 4.78 is 38.4. The summed E-state index contributed by atoms with van der Waals surface area (Å²) in [5.41, 5.74) is 7.03. The first-order valence-corrected chi connectivity index (χ1v) is 16.8. The Morgan fingerprint density at radius 3 is 2.53 bits per heavy atom. The average Bonchev–Trinajstić information content (AvgIpc) is 3.34. The Balaban J connectivity index is 1.17. The Labute approximate surface area is 262 Å². The summed E-state index contributed by atoms with van der Waals surface area (Å²) in [6.45, 7) is 0.667. The fourth-order valence-electron chi connectivity index (χ4n) is 6.45. The Kier molecular flexibility index (Phi) is 7.73. The first kappa shape index (κ1) is 29.0. The number of benzene rings is 4. The van der Waals surface area contributed by atoms with Gasteiger partial charge in [0.1, 0.15) is 17.3 Å². The zero-order chi connectivity index (χ0) is 31.0. The van der Waals surface area contributed by atoms with Crippen molar-refractivity contribution in [2.45, 2.75) is 38.1 Å². The maximum absolute atomic E-state index is 11.3. The highest BCUT2D eigenvalue weighted by molar-refractivity contribution is 7.85. The van der Waals surface area contributed by atoms with E-state index in [0.717, 1.165) is 47.6 Å². The summed E-state index contributed by atoms with van der Waals surface area (Å²) in [5, 5.41) is 20.6. The zero-order valence-corrected chi connectivity index (χ0v) is 25.5. The van der Waals surface area contributed by atoms with Crippen LogP contribution in [-0.2, 0) is 10.1 Å². The summed E-state index contributed by atoms with van der Waals surface area (Å²) in [4.78, 5) is 2.34. The first-order valence-electron chi connectivity index (χ1n) is 15.2. The van der Waals surface area contributed by atoms with Crippen LogP contribution in [0.2, 0.25) is 0 Å². The highest BCUT2D eigenvalue weighted by Crippen LogP contribution is 2.46. The summed E-state index contributed by atoms with van der Waals surface area (Å²) >= 11 is 0. The van der Waals surface area contributed by atoms with Crippen molar-refractivity contribution in [2.24, 2.45) is 10.2 Å². The van der Waals surface area contributed by atoms with Gasteiger partial charge in [0.2, 0.25) is 0 Å². The van der Waals surface area contributed by atoms with Crippen LogP contribution in [0.3, 0.4) is 0 Å². The number of rotatable bonds is 9. The largest absolute Gasteiger partial charge is 0.508 e. The van der Waals surface area contributed by atoms with E-state index in [9.17, 15) is 18.1 Å². The third-order valence-corrected chi connectivity index (χ3v) is 9.36. The number of hydrogen-bond acceptors (Lipinski definition) is 7. The summed E-state index contributed by atoms with van der Waals surface area (Å²) in [7, 11) is -3.98. The summed E-state index contributed by atoms with van der Waals surface area (Å²) in [5.74, 6) is 1.58. The predicted molar refractivity (Wildman–Crippen MR) is 177 cm³/mol. The van der Waals surface area contributed by atoms with Gasteiger partial charge in [0, 0.05) is 29.2 Å². The highest BCUT2D eigenvalue weighted by atomic mass is 32.2. The van der Waals surface area contributed by atoms with Crippen molar-refractivity contribution < 1.29 is 22.8 Å². The molecule has 1 atom stereocenters. The molecule has 0 amide bonds. The number of nitrogens with zero attached hydrogens (tertiary/aromatic N) is 3. The molecular weight excluding hydrogens is 586 g/mol. The van der Waals surface area contributed by atoms with Gasteiger partial charge >= 0.3 is 0 Å². The van der Waals surface area contributed by atoms with E-state index >= 15 is 0 Å². The molecule has 0 spiro atoms. The van der Waals surface area contributed by atoms with Crippen LogP contribution >= 0.6 is 0 Å². The van der Waals surface area contributed by atoms with E-state index in [4.69, 9.17) is 4.74 Å². The summed E-state index contributed by atoms with van der Waals surface area (Å²) in [6, 6.07) is 25.1. The van der Waals surface area contributed by atoms with Gasteiger partial charge in [-0.3, -0.25) is 4.55 Å². The van der Waals surface area contributed by atoms with E-state index in [1.54, 1.807) is 24.3 Å². The fourth-order valence-corrected chi connectivity index (χ4v) is 7.02. The van der Waals surface area contributed by atoms with Gasteiger partial charge in [-0.15, -0.1) is 0 Å². The monoisotopic (exact) mass is 619 g/mol. The lowest BCUT2D eigenvalue weighted by Crippen LogP contribution is -2.25. The molecular formula is C36H33N3O5S. The molecule has 2 N–H and O–H groups in total. The van der Waals surface area contributed by atoms with Crippen LogP contribution in [0.25, 0.3) is 16.8 Å². The van der Waals surface area contributed by atoms with Gasteiger partial charge in [0.15, 0.2) is 0 Å². The molecule has 228 valence electrons. The van der Waals surface area contributed by atoms with Crippen LogP contribution in [0.4, 0.5) is 17.1 Å². The van der Waals surface area contributed by atoms with Crippen molar-refractivity contribution in [1.29, 1.82) is 0 Å². The molecule has 8 nitrogen and oxygen atoms in total. The number of allylic oxidation sites excluding steroid dienone is 3. The normalized spacial score (nSPS) is 17.6. The van der Waals surface area contributed by atoms with Crippen molar-refractivity contribution in [3.8, 4) is 11.5 Å². The van der Waals surface area contributed by atoms with E-state index in [0.29, 0.717) is 30.8 Å². The minimum atomic E-state index is -3.98. The lowest BCUT2D eigenvalue weighted by atomic mass is 9.89. The van der Waals surface area contributed by atoms with E-state index in [2.05, 4.69) is 69.8 Å². The van der Waals surface area contributed by atoms with Crippen molar-refractivity contribution in [1.82, 2.24) is 0 Å². The molecule has 3 aliphatic rings. The number of ether oxygens (including phenoxy) is 1. The van der Waals surface area contributed by atoms with Gasteiger partial charge in [-0.1, -0.05) is 42.5 Å². The number of azo groups is 1. The molecule has 2 heterocycles. The number of phenolic OH excluding ortho intramolecular Hbond substituents is 1. The molecule has 0 bridgehead atoms. The number of phenols is 1. The molecule has 1 aliphatic carbocycles. The standard InChI is InChI=1S/C36H33N3O5S/c40-30-17-15-28(16-18-30)37-38-29-14-12-26-22-27-9-3-8-25(36(27)44-34(26)23-29)13-19-32-31-10-4-6-24-7-5-11-33(35(24)31)39(32)20-1-2-21-45(41,42)43/h4-7,10-19,22-23,32,40H,1-3,8-9,20-21H2,(H,41,42,43)/b19-13+,38-37?. The van der Waals surface area contributed by atoms with E-state index in [1.165, 1.54) is 21.9 Å². The lowest BCUT2D eigenvalue weighted by molar-refractivity contribution is 0.410. The van der Waals surface area contributed by atoms with Crippen molar-refractivity contribution in [3.63, 3.8) is 0 Å². The SMILES string of the molecule is O=S(=O)(O)CCCCN1c2cccc3cccc(c23)C1/C=C/C1=C2Oc3cc(N=Nc4ccc(O)cc4)ccc3C=C2CCC1. The number of aromatic hydroxyl groups is 1. The summed E-state index contributed by atoms with van der Waals surface area (Å²) in [6.07, 6.45) is 10.6. The molecule has 45 heavy (non-hydrogen) atoms. The molecule has 0 fully saturated rings. The molecule has 4 aromatic carbocycles. The molecule has 0 radical (unpaired) electrons. The average molecular weight is 620 g/mol. The van der Waals surface area contributed by atoms with Gasteiger partial charge in [0.25, 0.3) is 10.1 Å². The van der Waals surface area contributed by atoms with Gasteiger partial charge in [-0.25, -0.2) is 0 Å². The van der Waals surface area contributed by atoms with Crippen molar-refractivity contribution in [3.05, 3.63) is 119 Å². The van der Waals surface area contributed by atoms with Crippen LogP contribution in [-0.4, -0.2) is 30.4 Å². The van der Waals surface area contributed by atoms with Crippen LogP contribution in [0.1, 0.15) is 49.3 Å². The number of anilines is 1. The topological polar surface area (TPSA) is 112 Å². The Bertz CT molecular complexity index is 2010. The number of fused-ring (bicyclic) bond motifs is 2. The first-order chi connectivity index (χ1) is 21.8. The van der Waals surface area contributed by atoms with Gasteiger partial charge in [0.05, 0.1) is 23.2 Å². The van der Waals surface area contributed by atoms with E-state index in [1.807, 2.05) is 18.2 Å². The van der Waals surface area contributed by atoms with Gasteiger partial charge in [-0.05, 0) is 103 Å². The molecule has 4 aromatic rings. The van der Waals surface area contributed by atoms with Crippen LogP contribution < -0.4 is 9.64 Å². The molecule has 0 saturated carbocycles. The maximum atomic E-state index is 11.3. The molecule has 2 aliphatic heterocycles. The fraction of sp³-hybridized carbons (Fsp3) is 0.222. The van der Waals surface area contributed by atoms with Gasteiger partial charge < -0.3 is 14.7 Å². The van der Waals surface area contributed by atoms with Crippen molar-refractivity contribution in [2.75, 3.05) is 17.2 Å². The smallest absolute Gasteiger partial charge is 0.264 e. The number of unbranched alkanes of at least 4 members (excludes halogenated alkanes) is 1. The minimum absolute atomic E-state index is 0.0120. The quantitative estimate of drug-likeness (QED) is 0.110. The number of hydrogen-bond donors (Lipinski definition) is 2. The predicted octanol–water partition coefficient (Wildman–Crippen LogP) is 8.96. The van der Waals surface area contributed by atoms with E-state index in [-0.39, 0.29) is 17.5 Å².